The average Bonchev–Trinajstić information content (AvgIpc) is 3.01. The monoisotopic (exact) mass is 264 g/mol. The molecule has 0 saturated carbocycles. The molecule has 0 aliphatic carbocycles. The molecular formula is C13H16N2O4. The molecule has 2 fully saturated rings. The summed E-state index contributed by atoms with van der Waals surface area (Å²) in [7, 11) is 0. The Morgan fingerprint density at radius 2 is 2.11 bits per heavy atom. The van der Waals surface area contributed by atoms with Crippen LogP contribution in [-0.2, 0) is 4.79 Å². The number of amides is 1. The van der Waals surface area contributed by atoms with Crippen molar-refractivity contribution >= 4 is 11.9 Å². The molecule has 2 aliphatic heterocycles. The number of hydrogen-bond donors (Lipinski definition) is 1. The highest BCUT2D eigenvalue weighted by Gasteiger charge is 2.52. The van der Waals surface area contributed by atoms with Crippen LogP contribution in [0.25, 0.3) is 0 Å². The Morgan fingerprint density at radius 1 is 1.37 bits per heavy atom. The summed E-state index contributed by atoms with van der Waals surface area (Å²) in [6, 6.07) is -0.129. The third-order valence-electron chi connectivity index (χ3n) is 4.34. The van der Waals surface area contributed by atoms with Gasteiger partial charge in [0.05, 0.1) is 11.6 Å². The zero-order chi connectivity index (χ0) is 13.7. The largest absolute Gasteiger partial charge is 0.481 e. The number of carboxylic acid groups (broad SMARTS) is 1. The van der Waals surface area contributed by atoms with Gasteiger partial charge >= 0.3 is 5.97 Å². The summed E-state index contributed by atoms with van der Waals surface area (Å²) >= 11 is 0. The SMILES string of the molecule is Cc1noc(C)c1C(=O)N1C2CCC1C(C(=O)O)C2. The standard InChI is InChI=1S/C13H16N2O4/c1-6-11(7(2)19-14-6)12(16)15-8-3-4-10(15)9(5-8)13(17)18/h8-10H,3-5H2,1-2H3,(H,17,18). The van der Waals surface area contributed by atoms with E-state index in [1.165, 1.54) is 0 Å². The van der Waals surface area contributed by atoms with Crippen molar-refractivity contribution in [1.29, 1.82) is 0 Å². The van der Waals surface area contributed by atoms with Crippen LogP contribution in [0.1, 0.15) is 41.1 Å². The second-order valence-corrected chi connectivity index (χ2v) is 5.39. The van der Waals surface area contributed by atoms with Gasteiger partial charge in [0.15, 0.2) is 0 Å². The predicted octanol–water partition coefficient (Wildman–Crippen LogP) is 1.37. The molecule has 3 heterocycles. The van der Waals surface area contributed by atoms with Crippen molar-refractivity contribution in [2.24, 2.45) is 5.92 Å². The smallest absolute Gasteiger partial charge is 0.308 e. The van der Waals surface area contributed by atoms with Crippen molar-refractivity contribution in [2.45, 2.75) is 45.2 Å². The predicted molar refractivity (Wildman–Crippen MR) is 64.7 cm³/mol. The normalized spacial score (nSPS) is 28.9. The number of rotatable bonds is 2. The number of carbonyl (C=O) groups excluding carboxylic acids is 1. The van der Waals surface area contributed by atoms with E-state index in [0.29, 0.717) is 23.4 Å². The van der Waals surface area contributed by atoms with Crippen LogP contribution in [0.2, 0.25) is 0 Å². The van der Waals surface area contributed by atoms with Crippen molar-refractivity contribution in [1.82, 2.24) is 10.1 Å². The van der Waals surface area contributed by atoms with Crippen LogP contribution in [0.15, 0.2) is 4.52 Å². The first-order chi connectivity index (χ1) is 9.00. The van der Waals surface area contributed by atoms with Crippen LogP contribution in [0.4, 0.5) is 0 Å². The summed E-state index contributed by atoms with van der Waals surface area (Å²) in [6.07, 6.45) is 2.23. The molecule has 1 aromatic rings. The zero-order valence-corrected chi connectivity index (χ0v) is 10.9. The number of aromatic nitrogens is 1. The van der Waals surface area contributed by atoms with Gasteiger partial charge in [0, 0.05) is 12.1 Å². The van der Waals surface area contributed by atoms with Crippen LogP contribution < -0.4 is 0 Å². The molecule has 6 heteroatoms. The molecule has 6 nitrogen and oxygen atoms in total. The number of carbonyl (C=O) groups is 2. The maximum absolute atomic E-state index is 12.6. The molecule has 0 radical (unpaired) electrons. The van der Waals surface area contributed by atoms with Gasteiger partial charge in [-0.1, -0.05) is 5.16 Å². The summed E-state index contributed by atoms with van der Waals surface area (Å²) in [5.41, 5.74) is 1.06. The van der Waals surface area contributed by atoms with Crippen LogP contribution >= 0.6 is 0 Å². The van der Waals surface area contributed by atoms with E-state index in [0.717, 1.165) is 12.8 Å². The molecule has 3 unspecified atom stereocenters. The highest BCUT2D eigenvalue weighted by Crippen LogP contribution is 2.42. The third kappa shape index (κ3) is 1.66. The van der Waals surface area contributed by atoms with E-state index < -0.39 is 11.9 Å². The Kier molecular flexibility index (Phi) is 2.62. The highest BCUT2D eigenvalue weighted by atomic mass is 16.5. The molecule has 102 valence electrons. The minimum Gasteiger partial charge on any atom is -0.481 e. The van der Waals surface area contributed by atoms with E-state index in [2.05, 4.69) is 5.16 Å². The summed E-state index contributed by atoms with van der Waals surface area (Å²) in [4.78, 5) is 25.6. The molecule has 3 rings (SSSR count). The minimum absolute atomic E-state index is 0.0484. The van der Waals surface area contributed by atoms with E-state index in [9.17, 15) is 14.7 Å². The van der Waals surface area contributed by atoms with Gasteiger partial charge in [-0.05, 0) is 33.1 Å². The van der Waals surface area contributed by atoms with E-state index >= 15 is 0 Å². The van der Waals surface area contributed by atoms with Crippen LogP contribution in [0, 0.1) is 19.8 Å². The van der Waals surface area contributed by atoms with Crippen molar-refractivity contribution in [3.63, 3.8) is 0 Å². The molecule has 0 spiro atoms. The number of fused-ring (bicyclic) bond motifs is 2. The summed E-state index contributed by atoms with van der Waals surface area (Å²) in [5.74, 6) is -0.861. The van der Waals surface area contributed by atoms with Crippen LogP contribution in [0.3, 0.4) is 0 Å². The van der Waals surface area contributed by atoms with Gasteiger partial charge in [0.1, 0.15) is 11.3 Å². The summed E-state index contributed by atoms with van der Waals surface area (Å²) in [5, 5.41) is 13.0. The Morgan fingerprint density at radius 3 is 2.63 bits per heavy atom. The molecule has 1 aromatic heterocycles. The van der Waals surface area contributed by atoms with E-state index in [1.807, 2.05) is 0 Å². The minimum atomic E-state index is -0.802. The Hall–Kier alpha value is -1.85. The highest BCUT2D eigenvalue weighted by molar-refractivity contribution is 5.97. The third-order valence-corrected chi connectivity index (χ3v) is 4.34. The lowest BCUT2D eigenvalue weighted by molar-refractivity contribution is -0.142. The lowest BCUT2D eigenvalue weighted by atomic mass is 9.89. The number of nitrogens with zero attached hydrogens (tertiary/aromatic N) is 2. The number of hydrogen-bond acceptors (Lipinski definition) is 4. The van der Waals surface area contributed by atoms with Gasteiger partial charge in [-0.15, -0.1) is 0 Å². The fraction of sp³-hybridized carbons (Fsp3) is 0.615. The lowest BCUT2D eigenvalue weighted by Gasteiger charge is -2.22. The molecule has 1 amide bonds. The maximum Gasteiger partial charge on any atom is 0.308 e. The molecule has 0 aromatic carbocycles. The van der Waals surface area contributed by atoms with Gasteiger partial charge in [0.2, 0.25) is 0 Å². The van der Waals surface area contributed by atoms with Gasteiger partial charge < -0.3 is 14.5 Å². The first-order valence-electron chi connectivity index (χ1n) is 6.49. The quantitative estimate of drug-likeness (QED) is 0.872. The zero-order valence-electron chi connectivity index (χ0n) is 10.9. The van der Waals surface area contributed by atoms with E-state index in [4.69, 9.17) is 4.52 Å². The molecule has 2 bridgehead atoms. The second-order valence-electron chi connectivity index (χ2n) is 5.39. The van der Waals surface area contributed by atoms with Crippen molar-refractivity contribution in [2.75, 3.05) is 0 Å². The molecular weight excluding hydrogens is 248 g/mol. The topological polar surface area (TPSA) is 83.6 Å². The Labute approximate surface area is 110 Å². The fourth-order valence-corrected chi connectivity index (χ4v) is 3.49. The molecule has 3 atom stereocenters. The first kappa shape index (κ1) is 12.2. The molecule has 19 heavy (non-hydrogen) atoms. The molecule has 1 N–H and O–H groups in total. The summed E-state index contributed by atoms with van der Waals surface area (Å²) < 4.78 is 5.03. The van der Waals surface area contributed by atoms with Crippen molar-refractivity contribution < 1.29 is 19.2 Å². The number of aryl methyl sites for hydroxylation is 2. The van der Waals surface area contributed by atoms with Gasteiger partial charge in [0.25, 0.3) is 5.91 Å². The van der Waals surface area contributed by atoms with Crippen LogP contribution in [0.5, 0.6) is 0 Å². The Balaban J connectivity index is 1.92. The number of carboxylic acids is 1. The van der Waals surface area contributed by atoms with Gasteiger partial charge in [-0.3, -0.25) is 9.59 Å². The first-order valence-corrected chi connectivity index (χ1v) is 6.49. The Bertz CT molecular complexity index is 531. The fourth-order valence-electron chi connectivity index (χ4n) is 3.49. The number of aliphatic carboxylic acids is 1. The van der Waals surface area contributed by atoms with Crippen molar-refractivity contribution in [3.8, 4) is 0 Å². The van der Waals surface area contributed by atoms with Crippen LogP contribution in [-0.4, -0.2) is 39.1 Å². The molecule has 2 saturated heterocycles. The second kappa shape index (κ2) is 4.08. The van der Waals surface area contributed by atoms with Gasteiger partial charge in [-0.2, -0.15) is 0 Å². The maximum atomic E-state index is 12.6. The van der Waals surface area contributed by atoms with E-state index in [1.54, 1.807) is 18.7 Å². The lowest BCUT2D eigenvalue weighted by Crippen LogP contribution is -2.38. The van der Waals surface area contributed by atoms with E-state index in [-0.39, 0.29) is 18.0 Å². The summed E-state index contributed by atoms with van der Waals surface area (Å²) in [6.45, 7) is 3.44. The molecule has 2 aliphatic rings. The van der Waals surface area contributed by atoms with Gasteiger partial charge in [-0.25, -0.2) is 0 Å². The van der Waals surface area contributed by atoms with Crippen molar-refractivity contribution in [3.05, 3.63) is 17.0 Å². The average molecular weight is 264 g/mol.